The summed E-state index contributed by atoms with van der Waals surface area (Å²) in [5.41, 5.74) is 0.665. The second-order valence-corrected chi connectivity index (χ2v) is 11.4. The van der Waals surface area contributed by atoms with E-state index < -0.39 is 34.3 Å². The normalized spacial score (nSPS) is 12.0. The molecule has 0 saturated carbocycles. The summed E-state index contributed by atoms with van der Waals surface area (Å²) in [4.78, 5) is 28.2. The molecule has 0 bridgehead atoms. The summed E-state index contributed by atoms with van der Waals surface area (Å²) in [5, 5.41) is 3.43. The minimum Gasteiger partial charge on any atom is -0.354 e. The highest BCUT2D eigenvalue weighted by atomic mass is 35.5. The molecule has 208 valence electrons. The van der Waals surface area contributed by atoms with E-state index in [1.54, 1.807) is 55.5 Å². The molecule has 0 aliphatic carbocycles. The molecule has 39 heavy (non-hydrogen) atoms. The van der Waals surface area contributed by atoms with Crippen molar-refractivity contribution >= 4 is 50.7 Å². The number of anilines is 1. The molecule has 0 spiro atoms. The number of halogens is 3. The first kappa shape index (κ1) is 30.4. The third-order valence-corrected chi connectivity index (χ3v) is 8.55. The molecule has 3 aromatic rings. The van der Waals surface area contributed by atoms with E-state index in [1.807, 2.05) is 6.92 Å². The van der Waals surface area contributed by atoms with Crippen molar-refractivity contribution in [2.75, 3.05) is 17.4 Å². The second kappa shape index (κ2) is 13.8. The number of carbonyl (C=O) groups is 2. The van der Waals surface area contributed by atoms with Gasteiger partial charge < -0.3 is 10.2 Å². The van der Waals surface area contributed by atoms with Crippen LogP contribution >= 0.6 is 23.2 Å². The topological polar surface area (TPSA) is 86.8 Å². The van der Waals surface area contributed by atoms with Crippen molar-refractivity contribution in [2.45, 2.75) is 44.2 Å². The summed E-state index contributed by atoms with van der Waals surface area (Å²) in [6.07, 6.45) is 0.962. The average molecular weight is 595 g/mol. The molecule has 11 heteroatoms. The maximum atomic E-state index is 14.0. The van der Waals surface area contributed by atoms with Crippen LogP contribution in [0.1, 0.15) is 32.3 Å². The largest absolute Gasteiger partial charge is 0.354 e. The average Bonchev–Trinajstić information content (AvgIpc) is 2.92. The zero-order valence-corrected chi connectivity index (χ0v) is 23.9. The van der Waals surface area contributed by atoms with Gasteiger partial charge in [-0.3, -0.25) is 13.9 Å². The van der Waals surface area contributed by atoms with Gasteiger partial charge in [-0.1, -0.05) is 61.3 Å². The lowest BCUT2D eigenvalue weighted by atomic mass is 10.1. The fourth-order valence-corrected chi connectivity index (χ4v) is 5.93. The molecule has 2 amide bonds. The fourth-order valence-electron chi connectivity index (χ4n) is 4.00. The third kappa shape index (κ3) is 7.50. The van der Waals surface area contributed by atoms with Gasteiger partial charge in [-0.05, 0) is 61.4 Å². The van der Waals surface area contributed by atoms with E-state index in [2.05, 4.69) is 5.32 Å². The Morgan fingerprint density at radius 3 is 2.10 bits per heavy atom. The highest BCUT2D eigenvalue weighted by Crippen LogP contribution is 2.28. The number of amides is 2. The van der Waals surface area contributed by atoms with E-state index in [0.717, 1.165) is 28.6 Å². The lowest BCUT2D eigenvalue weighted by molar-refractivity contribution is -0.140. The van der Waals surface area contributed by atoms with Crippen molar-refractivity contribution < 1.29 is 22.4 Å². The molecule has 0 aliphatic heterocycles. The maximum absolute atomic E-state index is 14.0. The summed E-state index contributed by atoms with van der Waals surface area (Å²) >= 11 is 12.8. The molecule has 3 rings (SSSR count). The summed E-state index contributed by atoms with van der Waals surface area (Å²) in [6, 6.07) is 16.4. The van der Waals surface area contributed by atoms with E-state index in [4.69, 9.17) is 23.2 Å². The quantitative estimate of drug-likeness (QED) is 0.293. The Morgan fingerprint density at radius 2 is 1.54 bits per heavy atom. The molecule has 0 heterocycles. The van der Waals surface area contributed by atoms with E-state index in [9.17, 15) is 22.4 Å². The van der Waals surface area contributed by atoms with Gasteiger partial charge in [-0.2, -0.15) is 0 Å². The van der Waals surface area contributed by atoms with Crippen LogP contribution in [0.2, 0.25) is 10.0 Å². The lowest BCUT2D eigenvalue weighted by Gasteiger charge is -2.33. The maximum Gasteiger partial charge on any atom is 0.264 e. The van der Waals surface area contributed by atoms with Gasteiger partial charge in [0.1, 0.15) is 18.4 Å². The molecule has 0 saturated heterocycles. The second-order valence-electron chi connectivity index (χ2n) is 8.74. The van der Waals surface area contributed by atoms with E-state index >= 15 is 0 Å². The first-order valence-corrected chi connectivity index (χ1v) is 14.6. The van der Waals surface area contributed by atoms with Crippen LogP contribution in [-0.4, -0.2) is 44.3 Å². The van der Waals surface area contributed by atoms with Gasteiger partial charge in [0.05, 0.1) is 10.6 Å². The van der Waals surface area contributed by atoms with Crippen LogP contribution in [-0.2, 0) is 26.2 Å². The molecule has 3 aromatic carbocycles. The van der Waals surface area contributed by atoms with E-state index in [0.29, 0.717) is 28.6 Å². The number of hydrogen-bond acceptors (Lipinski definition) is 4. The third-order valence-electron chi connectivity index (χ3n) is 6.05. The van der Waals surface area contributed by atoms with Crippen LogP contribution in [0.3, 0.4) is 0 Å². The van der Waals surface area contributed by atoms with Crippen LogP contribution in [0.25, 0.3) is 0 Å². The minimum atomic E-state index is -4.29. The Kier molecular flexibility index (Phi) is 10.7. The van der Waals surface area contributed by atoms with Crippen LogP contribution in [0.15, 0.2) is 77.7 Å². The molecule has 0 aliphatic rings. The van der Waals surface area contributed by atoms with Gasteiger partial charge in [0.25, 0.3) is 10.0 Å². The van der Waals surface area contributed by atoms with Crippen molar-refractivity contribution in [1.82, 2.24) is 10.2 Å². The number of benzene rings is 3. The monoisotopic (exact) mass is 593 g/mol. The number of carbonyl (C=O) groups excluding carboxylic acids is 2. The molecule has 0 radical (unpaired) electrons. The highest BCUT2D eigenvalue weighted by molar-refractivity contribution is 7.92. The molecule has 0 unspecified atom stereocenters. The van der Waals surface area contributed by atoms with Crippen molar-refractivity contribution in [1.29, 1.82) is 0 Å². The standard InChI is InChI=1S/C28H30Cl2FN3O4S/c1-3-17-32-28(36)26(4-2)33(18-23-24(29)11-8-12-25(23)30)27(35)19-34(21-9-6-5-7-10-21)39(37,38)22-15-13-20(31)14-16-22/h5-16,26H,3-4,17-19H2,1-2H3,(H,32,36)/t26-/m1/s1. The first-order valence-electron chi connectivity index (χ1n) is 12.4. The van der Waals surface area contributed by atoms with Crippen molar-refractivity contribution in [3.8, 4) is 0 Å². The molecule has 1 atom stereocenters. The highest BCUT2D eigenvalue weighted by Gasteiger charge is 2.34. The van der Waals surface area contributed by atoms with Gasteiger partial charge >= 0.3 is 0 Å². The van der Waals surface area contributed by atoms with Crippen LogP contribution < -0.4 is 9.62 Å². The molecule has 7 nitrogen and oxygen atoms in total. The Labute approximate surface area is 238 Å². The van der Waals surface area contributed by atoms with E-state index in [1.165, 1.54) is 4.90 Å². The van der Waals surface area contributed by atoms with Gasteiger partial charge in [0, 0.05) is 28.7 Å². The van der Waals surface area contributed by atoms with Gasteiger partial charge in [-0.15, -0.1) is 0 Å². The number of rotatable bonds is 12. The van der Waals surface area contributed by atoms with Gasteiger partial charge in [-0.25, -0.2) is 12.8 Å². The zero-order valence-electron chi connectivity index (χ0n) is 21.6. The van der Waals surface area contributed by atoms with Gasteiger partial charge in [0.15, 0.2) is 0 Å². The van der Waals surface area contributed by atoms with Crippen LogP contribution in [0.5, 0.6) is 0 Å². The Bertz CT molecular complexity index is 1370. The van der Waals surface area contributed by atoms with Gasteiger partial charge in [0.2, 0.25) is 11.8 Å². The molecule has 0 aromatic heterocycles. The summed E-state index contributed by atoms with van der Waals surface area (Å²) < 4.78 is 41.9. The van der Waals surface area contributed by atoms with Crippen LogP contribution in [0, 0.1) is 5.82 Å². The number of nitrogens with one attached hydrogen (secondary N) is 1. The first-order chi connectivity index (χ1) is 18.6. The predicted octanol–water partition coefficient (Wildman–Crippen LogP) is 5.66. The molecule has 1 N–H and O–H groups in total. The summed E-state index contributed by atoms with van der Waals surface area (Å²) in [5.74, 6) is -1.61. The predicted molar refractivity (Wildman–Crippen MR) is 152 cm³/mol. The molecule has 0 fully saturated rings. The lowest BCUT2D eigenvalue weighted by Crippen LogP contribution is -2.52. The number of nitrogens with zero attached hydrogens (tertiary/aromatic N) is 2. The van der Waals surface area contributed by atoms with E-state index in [-0.39, 0.29) is 29.5 Å². The Morgan fingerprint density at radius 1 is 0.923 bits per heavy atom. The number of sulfonamides is 1. The smallest absolute Gasteiger partial charge is 0.264 e. The SMILES string of the molecule is CCCNC(=O)[C@@H](CC)N(Cc1c(Cl)cccc1Cl)C(=O)CN(c1ccccc1)S(=O)(=O)c1ccc(F)cc1. The molecular weight excluding hydrogens is 564 g/mol. The summed E-state index contributed by atoms with van der Waals surface area (Å²) in [7, 11) is -4.29. The van der Waals surface area contributed by atoms with Crippen molar-refractivity contribution in [2.24, 2.45) is 0 Å². The zero-order chi connectivity index (χ0) is 28.6. The van der Waals surface area contributed by atoms with Crippen molar-refractivity contribution in [3.05, 3.63) is 94.2 Å². The van der Waals surface area contributed by atoms with Crippen LogP contribution in [0.4, 0.5) is 10.1 Å². The fraction of sp³-hybridized carbons (Fsp3) is 0.286. The Balaban J connectivity index is 2.06. The minimum absolute atomic E-state index is 0.116. The Hall–Kier alpha value is -3.14. The number of hydrogen-bond donors (Lipinski definition) is 1. The summed E-state index contributed by atoms with van der Waals surface area (Å²) in [6.45, 7) is 3.35. The van der Waals surface area contributed by atoms with Crippen molar-refractivity contribution in [3.63, 3.8) is 0 Å². The number of para-hydroxylation sites is 1. The molecular formula is C28H30Cl2FN3O4S.